The van der Waals surface area contributed by atoms with E-state index < -0.39 is 0 Å². The quantitative estimate of drug-likeness (QED) is 0.720. The Morgan fingerprint density at radius 3 is 2.17 bits per heavy atom. The standard InChI is InChI=1S/C14H16N2O2/c15-13-6-5-12(9-14(13)16)18-11-3-1-10(2-4-11)7-8-17/h1-6,9,17H,7-8,15-16H2. The number of hydrogen-bond acceptors (Lipinski definition) is 4. The Hall–Kier alpha value is -2.20. The highest BCUT2D eigenvalue weighted by Gasteiger charge is 2.00. The van der Waals surface area contributed by atoms with Crippen LogP contribution in [0.3, 0.4) is 0 Å². The van der Waals surface area contributed by atoms with Gasteiger partial charge in [0.05, 0.1) is 11.4 Å². The Morgan fingerprint density at radius 2 is 1.56 bits per heavy atom. The van der Waals surface area contributed by atoms with Gasteiger partial charge in [-0.05, 0) is 36.2 Å². The van der Waals surface area contributed by atoms with E-state index in [0.717, 1.165) is 11.3 Å². The fraction of sp³-hybridized carbons (Fsp3) is 0.143. The van der Waals surface area contributed by atoms with E-state index in [1.54, 1.807) is 18.2 Å². The van der Waals surface area contributed by atoms with E-state index in [-0.39, 0.29) is 6.61 Å². The molecular weight excluding hydrogens is 228 g/mol. The second-order valence-electron chi connectivity index (χ2n) is 4.01. The van der Waals surface area contributed by atoms with E-state index in [0.29, 0.717) is 23.5 Å². The molecule has 0 atom stereocenters. The molecule has 0 bridgehead atoms. The Balaban J connectivity index is 2.10. The summed E-state index contributed by atoms with van der Waals surface area (Å²) >= 11 is 0. The molecule has 0 aliphatic heterocycles. The minimum absolute atomic E-state index is 0.148. The molecule has 4 nitrogen and oxygen atoms in total. The first-order valence-electron chi connectivity index (χ1n) is 5.71. The van der Waals surface area contributed by atoms with Gasteiger partial charge in [-0.15, -0.1) is 0 Å². The monoisotopic (exact) mass is 244 g/mol. The molecule has 4 heteroatoms. The first-order chi connectivity index (χ1) is 8.69. The number of benzene rings is 2. The molecule has 2 aromatic rings. The van der Waals surface area contributed by atoms with Crippen LogP contribution in [0, 0.1) is 0 Å². The molecule has 2 rings (SSSR count). The van der Waals surface area contributed by atoms with Gasteiger partial charge in [0.2, 0.25) is 0 Å². The number of hydrogen-bond donors (Lipinski definition) is 3. The highest BCUT2D eigenvalue weighted by atomic mass is 16.5. The van der Waals surface area contributed by atoms with Gasteiger partial charge in [-0.1, -0.05) is 12.1 Å². The van der Waals surface area contributed by atoms with Crippen molar-refractivity contribution < 1.29 is 9.84 Å². The summed E-state index contributed by atoms with van der Waals surface area (Å²) in [7, 11) is 0. The van der Waals surface area contributed by atoms with Gasteiger partial charge in [-0.25, -0.2) is 0 Å². The largest absolute Gasteiger partial charge is 0.457 e. The highest BCUT2D eigenvalue weighted by molar-refractivity contribution is 5.65. The van der Waals surface area contributed by atoms with Gasteiger partial charge in [-0.2, -0.15) is 0 Å². The summed E-state index contributed by atoms with van der Waals surface area (Å²) in [6.45, 7) is 0.148. The van der Waals surface area contributed by atoms with Crippen molar-refractivity contribution in [3.05, 3.63) is 48.0 Å². The van der Waals surface area contributed by atoms with Crippen LogP contribution < -0.4 is 16.2 Å². The molecule has 2 aromatic carbocycles. The van der Waals surface area contributed by atoms with Crippen molar-refractivity contribution in [1.82, 2.24) is 0 Å². The molecule has 18 heavy (non-hydrogen) atoms. The van der Waals surface area contributed by atoms with Crippen LogP contribution in [-0.2, 0) is 6.42 Å². The summed E-state index contributed by atoms with van der Waals surface area (Å²) in [4.78, 5) is 0. The number of rotatable bonds is 4. The van der Waals surface area contributed by atoms with Crippen LogP contribution in [0.1, 0.15) is 5.56 Å². The number of nitrogens with two attached hydrogens (primary N) is 2. The summed E-state index contributed by atoms with van der Waals surface area (Å²) in [5.41, 5.74) is 13.5. The lowest BCUT2D eigenvalue weighted by atomic mass is 10.1. The smallest absolute Gasteiger partial charge is 0.129 e. The lowest BCUT2D eigenvalue weighted by Crippen LogP contribution is -1.95. The van der Waals surface area contributed by atoms with Crippen molar-refractivity contribution in [3.63, 3.8) is 0 Å². The maximum absolute atomic E-state index is 8.82. The molecule has 0 radical (unpaired) electrons. The zero-order chi connectivity index (χ0) is 13.0. The third kappa shape index (κ3) is 2.93. The number of aliphatic hydroxyl groups is 1. The normalized spacial score (nSPS) is 10.3. The molecule has 0 fully saturated rings. The molecule has 0 saturated heterocycles. The summed E-state index contributed by atoms with van der Waals surface area (Å²) in [5.74, 6) is 1.37. The van der Waals surface area contributed by atoms with Crippen molar-refractivity contribution in [1.29, 1.82) is 0 Å². The van der Waals surface area contributed by atoms with Crippen molar-refractivity contribution in [2.75, 3.05) is 18.1 Å². The minimum atomic E-state index is 0.148. The molecule has 0 aliphatic carbocycles. The number of anilines is 2. The zero-order valence-electron chi connectivity index (χ0n) is 9.97. The Bertz CT molecular complexity index is 524. The van der Waals surface area contributed by atoms with Crippen LogP contribution in [0.2, 0.25) is 0 Å². The minimum Gasteiger partial charge on any atom is -0.457 e. The molecular formula is C14H16N2O2. The van der Waals surface area contributed by atoms with Gasteiger partial charge >= 0.3 is 0 Å². The molecule has 0 heterocycles. The lowest BCUT2D eigenvalue weighted by Gasteiger charge is -2.08. The first-order valence-corrected chi connectivity index (χ1v) is 5.71. The van der Waals surface area contributed by atoms with Gasteiger partial charge in [0.15, 0.2) is 0 Å². The predicted octanol–water partition coefficient (Wildman–Crippen LogP) is 2.18. The van der Waals surface area contributed by atoms with Crippen molar-refractivity contribution in [2.24, 2.45) is 0 Å². The number of aliphatic hydroxyl groups excluding tert-OH is 1. The fourth-order valence-corrected chi connectivity index (χ4v) is 1.61. The Morgan fingerprint density at radius 1 is 0.889 bits per heavy atom. The van der Waals surface area contributed by atoms with E-state index in [1.807, 2.05) is 24.3 Å². The lowest BCUT2D eigenvalue weighted by molar-refractivity contribution is 0.299. The van der Waals surface area contributed by atoms with Crippen LogP contribution in [0.25, 0.3) is 0 Å². The molecule has 0 saturated carbocycles. The summed E-state index contributed by atoms with van der Waals surface area (Å²) in [6, 6.07) is 12.7. The second-order valence-corrected chi connectivity index (χ2v) is 4.01. The van der Waals surface area contributed by atoms with Crippen molar-refractivity contribution >= 4 is 11.4 Å². The predicted molar refractivity (Wildman–Crippen MR) is 72.6 cm³/mol. The maximum Gasteiger partial charge on any atom is 0.129 e. The maximum atomic E-state index is 8.82. The van der Waals surface area contributed by atoms with E-state index in [1.165, 1.54) is 0 Å². The average Bonchev–Trinajstić information content (AvgIpc) is 2.37. The molecule has 0 aliphatic rings. The van der Waals surface area contributed by atoms with Gasteiger partial charge in [0.1, 0.15) is 11.5 Å². The van der Waals surface area contributed by atoms with Crippen molar-refractivity contribution in [3.8, 4) is 11.5 Å². The zero-order valence-corrected chi connectivity index (χ0v) is 9.97. The molecule has 0 spiro atoms. The second kappa shape index (κ2) is 5.42. The van der Waals surface area contributed by atoms with Gasteiger partial charge < -0.3 is 21.3 Å². The summed E-state index contributed by atoms with van der Waals surface area (Å²) in [6.07, 6.45) is 0.648. The van der Waals surface area contributed by atoms with Crippen LogP contribution in [0.5, 0.6) is 11.5 Å². The number of nitrogen functional groups attached to an aromatic ring is 2. The number of ether oxygens (including phenoxy) is 1. The Kier molecular flexibility index (Phi) is 3.69. The van der Waals surface area contributed by atoms with Gasteiger partial charge in [-0.3, -0.25) is 0 Å². The van der Waals surface area contributed by atoms with E-state index >= 15 is 0 Å². The summed E-state index contributed by atoms with van der Waals surface area (Å²) in [5, 5.41) is 8.82. The van der Waals surface area contributed by atoms with Crippen LogP contribution in [0.15, 0.2) is 42.5 Å². The Labute approximate surface area is 106 Å². The highest BCUT2D eigenvalue weighted by Crippen LogP contribution is 2.26. The van der Waals surface area contributed by atoms with E-state index in [4.69, 9.17) is 21.3 Å². The van der Waals surface area contributed by atoms with Gasteiger partial charge in [0, 0.05) is 12.7 Å². The van der Waals surface area contributed by atoms with Crippen LogP contribution in [-0.4, -0.2) is 11.7 Å². The van der Waals surface area contributed by atoms with Gasteiger partial charge in [0.25, 0.3) is 0 Å². The van der Waals surface area contributed by atoms with Crippen LogP contribution >= 0.6 is 0 Å². The third-order valence-electron chi connectivity index (χ3n) is 2.62. The van der Waals surface area contributed by atoms with Crippen molar-refractivity contribution in [2.45, 2.75) is 6.42 Å². The fourth-order valence-electron chi connectivity index (χ4n) is 1.61. The van der Waals surface area contributed by atoms with Crippen LogP contribution in [0.4, 0.5) is 11.4 Å². The molecule has 0 amide bonds. The van der Waals surface area contributed by atoms with E-state index in [2.05, 4.69) is 0 Å². The summed E-state index contributed by atoms with van der Waals surface area (Å²) < 4.78 is 5.65. The molecule has 5 N–H and O–H groups in total. The third-order valence-corrected chi connectivity index (χ3v) is 2.62. The topological polar surface area (TPSA) is 81.5 Å². The van der Waals surface area contributed by atoms with E-state index in [9.17, 15) is 0 Å². The molecule has 94 valence electrons. The SMILES string of the molecule is Nc1ccc(Oc2ccc(CCO)cc2)cc1N. The molecule has 0 unspecified atom stereocenters. The molecule has 0 aromatic heterocycles. The average molecular weight is 244 g/mol. The first kappa shape index (κ1) is 12.3.